The Kier molecular flexibility index (Phi) is 7.52. The second-order valence-electron chi connectivity index (χ2n) is 7.40. The first-order valence-electron chi connectivity index (χ1n) is 10.4. The number of aromatic amines is 1. The summed E-state index contributed by atoms with van der Waals surface area (Å²) in [7, 11) is 1.64. The topological polar surface area (TPSA) is 83.7 Å². The molecule has 2 aromatic rings. The number of nitrogens with one attached hydrogen (secondary N) is 2. The molecule has 1 saturated heterocycles. The molecule has 0 spiro atoms. The SMILES string of the molecule is CCOCCCNC(=O)C1CCN(C(=O)Cc2c[nH]c3ccc(OC)cc23)CC1. The molecular weight excluding hydrogens is 370 g/mol. The van der Waals surface area contributed by atoms with Crippen molar-refractivity contribution < 1.29 is 19.1 Å². The number of nitrogens with zero attached hydrogens (tertiary/aromatic N) is 1. The Bertz CT molecular complexity index is 825. The van der Waals surface area contributed by atoms with Crippen molar-refractivity contribution in [3.05, 3.63) is 30.0 Å². The third-order valence-electron chi connectivity index (χ3n) is 5.50. The Hall–Kier alpha value is -2.54. The van der Waals surface area contributed by atoms with E-state index < -0.39 is 0 Å². The van der Waals surface area contributed by atoms with E-state index in [1.165, 1.54) is 0 Å². The minimum atomic E-state index is -0.0107. The summed E-state index contributed by atoms with van der Waals surface area (Å²) >= 11 is 0. The predicted octanol–water partition coefficient (Wildman–Crippen LogP) is 2.50. The van der Waals surface area contributed by atoms with Crippen LogP contribution in [0, 0.1) is 5.92 Å². The molecule has 0 aliphatic carbocycles. The maximum atomic E-state index is 12.8. The van der Waals surface area contributed by atoms with Gasteiger partial charge in [0.15, 0.2) is 0 Å². The van der Waals surface area contributed by atoms with Crippen molar-refractivity contribution in [2.45, 2.75) is 32.6 Å². The zero-order chi connectivity index (χ0) is 20.6. The van der Waals surface area contributed by atoms with E-state index in [1.54, 1.807) is 7.11 Å². The van der Waals surface area contributed by atoms with Gasteiger partial charge in [0.25, 0.3) is 0 Å². The molecule has 7 heteroatoms. The fourth-order valence-electron chi connectivity index (χ4n) is 3.77. The second kappa shape index (κ2) is 10.3. The number of likely N-dealkylation sites (tertiary alicyclic amines) is 1. The molecule has 2 amide bonds. The normalized spacial score (nSPS) is 14.9. The van der Waals surface area contributed by atoms with Crippen molar-refractivity contribution in [2.24, 2.45) is 5.92 Å². The highest BCUT2D eigenvalue weighted by Gasteiger charge is 2.27. The van der Waals surface area contributed by atoms with E-state index in [-0.39, 0.29) is 17.7 Å². The number of amides is 2. The van der Waals surface area contributed by atoms with Crippen molar-refractivity contribution in [3.8, 4) is 5.75 Å². The first kappa shape index (κ1) is 21.2. The van der Waals surface area contributed by atoms with Gasteiger partial charge in [-0.2, -0.15) is 0 Å². The average Bonchev–Trinajstić information content (AvgIpc) is 3.15. The predicted molar refractivity (Wildman–Crippen MR) is 112 cm³/mol. The summed E-state index contributed by atoms with van der Waals surface area (Å²) < 4.78 is 10.6. The standard InChI is InChI=1S/C22H31N3O4/c1-3-29-12-4-9-23-22(27)16-7-10-25(11-8-16)21(26)13-17-15-24-20-6-5-18(28-2)14-19(17)20/h5-6,14-16,24H,3-4,7-13H2,1-2H3,(H,23,27). The number of benzene rings is 1. The van der Waals surface area contributed by atoms with Crippen LogP contribution in [-0.4, -0.2) is 61.7 Å². The molecule has 1 aromatic heterocycles. The smallest absolute Gasteiger partial charge is 0.227 e. The van der Waals surface area contributed by atoms with E-state index >= 15 is 0 Å². The Morgan fingerprint density at radius 1 is 1.28 bits per heavy atom. The molecule has 0 atom stereocenters. The number of aromatic nitrogens is 1. The van der Waals surface area contributed by atoms with Crippen molar-refractivity contribution in [2.75, 3.05) is 40.0 Å². The first-order valence-corrected chi connectivity index (χ1v) is 10.4. The van der Waals surface area contributed by atoms with Gasteiger partial charge in [-0.15, -0.1) is 0 Å². The van der Waals surface area contributed by atoms with E-state index in [0.717, 1.165) is 28.6 Å². The Morgan fingerprint density at radius 3 is 2.79 bits per heavy atom. The lowest BCUT2D eigenvalue weighted by Crippen LogP contribution is -2.43. The zero-order valence-electron chi connectivity index (χ0n) is 17.3. The molecule has 0 bridgehead atoms. The number of carbonyl (C=O) groups is 2. The summed E-state index contributed by atoms with van der Waals surface area (Å²) in [5.41, 5.74) is 1.96. The quantitative estimate of drug-likeness (QED) is 0.633. The molecule has 0 saturated carbocycles. The largest absolute Gasteiger partial charge is 0.497 e. The van der Waals surface area contributed by atoms with Gasteiger partial charge in [0.2, 0.25) is 11.8 Å². The maximum Gasteiger partial charge on any atom is 0.227 e. The summed E-state index contributed by atoms with van der Waals surface area (Å²) in [4.78, 5) is 30.2. The average molecular weight is 402 g/mol. The molecule has 29 heavy (non-hydrogen) atoms. The van der Waals surface area contributed by atoms with Crippen LogP contribution in [-0.2, 0) is 20.7 Å². The van der Waals surface area contributed by atoms with E-state index in [1.807, 2.05) is 36.2 Å². The van der Waals surface area contributed by atoms with Crippen LogP contribution < -0.4 is 10.1 Å². The number of fused-ring (bicyclic) bond motifs is 1. The van der Waals surface area contributed by atoms with Gasteiger partial charge in [-0.1, -0.05) is 0 Å². The van der Waals surface area contributed by atoms with Crippen LogP contribution in [0.4, 0.5) is 0 Å². The molecule has 1 aliphatic rings. The lowest BCUT2D eigenvalue weighted by atomic mass is 9.95. The molecule has 1 aliphatic heterocycles. The van der Waals surface area contributed by atoms with E-state index in [4.69, 9.17) is 9.47 Å². The molecule has 2 heterocycles. The minimum absolute atomic E-state index is 0.0107. The first-order chi connectivity index (χ1) is 14.1. The molecule has 158 valence electrons. The number of carbonyl (C=O) groups excluding carboxylic acids is 2. The van der Waals surface area contributed by atoms with Crippen molar-refractivity contribution in [1.29, 1.82) is 0 Å². The van der Waals surface area contributed by atoms with Crippen molar-refractivity contribution in [1.82, 2.24) is 15.2 Å². The van der Waals surface area contributed by atoms with Gasteiger partial charge >= 0.3 is 0 Å². The van der Waals surface area contributed by atoms with Crippen LogP contribution in [0.5, 0.6) is 5.75 Å². The van der Waals surface area contributed by atoms with Gasteiger partial charge in [-0.3, -0.25) is 9.59 Å². The number of hydrogen-bond acceptors (Lipinski definition) is 4. The summed E-state index contributed by atoms with van der Waals surface area (Å²) in [5, 5.41) is 4.00. The molecule has 1 fully saturated rings. The van der Waals surface area contributed by atoms with Gasteiger partial charge in [0.1, 0.15) is 5.75 Å². The van der Waals surface area contributed by atoms with Crippen LogP contribution in [0.25, 0.3) is 10.9 Å². The van der Waals surface area contributed by atoms with E-state index in [2.05, 4.69) is 10.3 Å². The van der Waals surface area contributed by atoms with Crippen molar-refractivity contribution in [3.63, 3.8) is 0 Å². The molecule has 2 N–H and O–H groups in total. The van der Waals surface area contributed by atoms with Crippen LogP contribution in [0.15, 0.2) is 24.4 Å². The van der Waals surface area contributed by atoms with Gasteiger partial charge in [-0.05, 0) is 49.9 Å². The van der Waals surface area contributed by atoms with E-state index in [0.29, 0.717) is 52.1 Å². The molecule has 1 aromatic carbocycles. The fourth-order valence-corrected chi connectivity index (χ4v) is 3.77. The summed E-state index contributed by atoms with van der Waals surface area (Å²) in [6.07, 6.45) is 4.49. The monoisotopic (exact) mass is 401 g/mol. The lowest BCUT2D eigenvalue weighted by molar-refractivity contribution is -0.135. The third kappa shape index (κ3) is 5.50. The number of rotatable bonds is 9. The number of H-pyrrole nitrogens is 1. The summed E-state index contributed by atoms with van der Waals surface area (Å²) in [6.45, 7) is 5.23. The Morgan fingerprint density at radius 2 is 2.07 bits per heavy atom. The molecule has 7 nitrogen and oxygen atoms in total. The Labute approximate surface area is 171 Å². The van der Waals surface area contributed by atoms with Crippen molar-refractivity contribution >= 4 is 22.7 Å². The summed E-state index contributed by atoms with van der Waals surface area (Å²) in [6, 6.07) is 5.81. The van der Waals surface area contributed by atoms with Crippen LogP contribution in [0.3, 0.4) is 0 Å². The second-order valence-corrected chi connectivity index (χ2v) is 7.40. The number of piperidine rings is 1. The van der Waals surface area contributed by atoms with Crippen LogP contribution in [0.2, 0.25) is 0 Å². The molecule has 0 radical (unpaired) electrons. The van der Waals surface area contributed by atoms with Crippen LogP contribution >= 0.6 is 0 Å². The maximum absolute atomic E-state index is 12.8. The Balaban J connectivity index is 1.47. The summed E-state index contributed by atoms with van der Waals surface area (Å²) in [5.74, 6) is 0.962. The van der Waals surface area contributed by atoms with Gasteiger partial charge in [0, 0.05) is 55.9 Å². The minimum Gasteiger partial charge on any atom is -0.497 e. The highest BCUT2D eigenvalue weighted by Crippen LogP contribution is 2.25. The molecular formula is C22H31N3O4. The van der Waals surface area contributed by atoms with Gasteiger partial charge < -0.3 is 24.7 Å². The highest BCUT2D eigenvalue weighted by molar-refractivity contribution is 5.90. The fraction of sp³-hybridized carbons (Fsp3) is 0.545. The number of ether oxygens (including phenoxy) is 2. The highest BCUT2D eigenvalue weighted by atomic mass is 16.5. The lowest BCUT2D eigenvalue weighted by Gasteiger charge is -2.31. The third-order valence-corrected chi connectivity index (χ3v) is 5.50. The number of hydrogen-bond donors (Lipinski definition) is 2. The molecule has 0 unspecified atom stereocenters. The number of methoxy groups -OCH3 is 1. The van der Waals surface area contributed by atoms with Gasteiger partial charge in [-0.25, -0.2) is 0 Å². The molecule has 3 rings (SSSR count). The van der Waals surface area contributed by atoms with E-state index in [9.17, 15) is 9.59 Å². The van der Waals surface area contributed by atoms with Crippen LogP contribution in [0.1, 0.15) is 31.7 Å². The zero-order valence-corrected chi connectivity index (χ0v) is 17.3. The van der Waals surface area contributed by atoms with Gasteiger partial charge in [0.05, 0.1) is 13.5 Å².